The second-order valence-electron chi connectivity index (χ2n) is 3.12. The molecule has 1 amide bonds. The maximum atomic E-state index is 11.7. The number of amides is 1. The van der Waals surface area contributed by atoms with Gasteiger partial charge in [0.1, 0.15) is 6.33 Å². The number of anilines is 1. The molecule has 0 fully saturated rings. The standard InChI is InChI=1S/C10H9ClN4O/c11-5-7-2-1-3-8(4-7)9(16)14-10-12-6-13-15-10/h1-4,6H,5H2,(H2,12,13,14,15,16). The van der Waals surface area contributed by atoms with E-state index in [0.717, 1.165) is 5.56 Å². The summed E-state index contributed by atoms with van der Waals surface area (Å²) in [6.07, 6.45) is 1.32. The second-order valence-corrected chi connectivity index (χ2v) is 3.39. The lowest BCUT2D eigenvalue weighted by Gasteiger charge is -2.02. The molecule has 0 saturated carbocycles. The number of benzene rings is 1. The van der Waals surface area contributed by atoms with E-state index >= 15 is 0 Å². The summed E-state index contributed by atoms with van der Waals surface area (Å²) >= 11 is 5.69. The first-order valence-corrected chi connectivity index (χ1v) is 5.14. The van der Waals surface area contributed by atoms with Gasteiger partial charge in [0.05, 0.1) is 0 Å². The molecular weight excluding hydrogens is 228 g/mol. The maximum absolute atomic E-state index is 11.7. The van der Waals surface area contributed by atoms with E-state index in [4.69, 9.17) is 11.6 Å². The largest absolute Gasteiger partial charge is 0.291 e. The van der Waals surface area contributed by atoms with E-state index in [1.165, 1.54) is 6.33 Å². The number of carbonyl (C=O) groups excluding carboxylic acids is 1. The number of rotatable bonds is 3. The molecule has 16 heavy (non-hydrogen) atoms. The molecule has 6 heteroatoms. The van der Waals surface area contributed by atoms with Crippen LogP contribution in [0.15, 0.2) is 30.6 Å². The maximum Gasteiger partial charge on any atom is 0.258 e. The van der Waals surface area contributed by atoms with Crippen molar-refractivity contribution in [1.29, 1.82) is 0 Å². The van der Waals surface area contributed by atoms with Crippen molar-refractivity contribution in [1.82, 2.24) is 15.2 Å². The van der Waals surface area contributed by atoms with E-state index < -0.39 is 0 Å². The highest BCUT2D eigenvalue weighted by Crippen LogP contribution is 2.09. The van der Waals surface area contributed by atoms with Crippen molar-refractivity contribution >= 4 is 23.5 Å². The van der Waals surface area contributed by atoms with Gasteiger partial charge in [0.15, 0.2) is 0 Å². The van der Waals surface area contributed by atoms with E-state index in [2.05, 4.69) is 20.5 Å². The average Bonchev–Trinajstić information content (AvgIpc) is 2.82. The predicted molar refractivity (Wildman–Crippen MR) is 60.3 cm³/mol. The summed E-state index contributed by atoms with van der Waals surface area (Å²) < 4.78 is 0. The smallest absolute Gasteiger partial charge is 0.258 e. The van der Waals surface area contributed by atoms with Crippen molar-refractivity contribution in [3.63, 3.8) is 0 Å². The van der Waals surface area contributed by atoms with Crippen LogP contribution in [-0.2, 0) is 5.88 Å². The molecular formula is C10H9ClN4O. The fourth-order valence-electron chi connectivity index (χ4n) is 1.24. The zero-order chi connectivity index (χ0) is 11.4. The van der Waals surface area contributed by atoms with Gasteiger partial charge >= 0.3 is 0 Å². The highest BCUT2D eigenvalue weighted by molar-refractivity contribution is 6.17. The number of carbonyl (C=O) groups is 1. The van der Waals surface area contributed by atoms with E-state index in [-0.39, 0.29) is 5.91 Å². The summed E-state index contributed by atoms with van der Waals surface area (Å²) in [7, 11) is 0. The summed E-state index contributed by atoms with van der Waals surface area (Å²) in [4.78, 5) is 15.5. The lowest BCUT2D eigenvalue weighted by Crippen LogP contribution is -2.13. The van der Waals surface area contributed by atoms with Gasteiger partial charge < -0.3 is 0 Å². The highest BCUT2D eigenvalue weighted by Gasteiger charge is 2.07. The van der Waals surface area contributed by atoms with Gasteiger partial charge in [-0.2, -0.15) is 10.1 Å². The average molecular weight is 237 g/mol. The number of hydrogen-bond donors (Lipinski definition) is 2. The Labute approximate surface area is 96.8 Å². The summed E-state index contributed by atoms with van der Waals surface area (Å²) in [6, 6.07) is 7.09. The van der Waals surface area contributed by atoms with Crippen LogP contribution in [0.3, 0.4) is 0 Å². The number of nitrogens with one attached hydrogen (secondary N) is 2. The molecule has 1 heterocycles. The molecule has 0 unspecified atom stereocenters. The molecule has 0 radical (unpaired) electrons. The van der Waals surface area contributed by atoms with Gasteiger partial charge in [-0.15, -0.1) is 11.6 Å². The van der Waals surface area contributed by atoms with Gasteiger partial charge in [-0.3, -0.25) is 10.1 Å². The van der Waals surface area contributed by atoms with Crippen LogP contribution < -0.4 is 5.32 Å². The molecule has 0 spiro atoms. The number of aromatic amines is 1. The van der Waals surface area contributed by atoms with Crippen LogP contribution in [0.2, 0.25) is 0 Å². The van der Waals surface area contributed by atoms with Gasteiger partial charge in [0.2, 0.25) is 5.95 Å². The molecule has 0 aliphatic heterocycles. The lowest BCUT2D eigenvalue weighted by molar-refractivity contribution is 0.102. The van der Waals surface area contributed by atoms with Crippen LogP contribution in [0.1, 0.15) is 15.9 Å². The second kappa shape index (κ2) is 4.76. The Morgan fingerprint density at radius 3 is 3.06 bits per heavy atom. The molecule has 0 atom stereocenters. The number of hydrogen-bond acceptors (Lipinski definition) is 3. The van der Waals surface area contributed by atoms with E-state index in [1.807, 2.05) is 6.07 Å². The van der Waals surface area contributed by atoms with Crippen molar-refractivity contribution in [3.8, 4) is 0 Å². The minimum Gasteiger partial charge on any atom is -0.291 e. The van der Waals surface area contributed by atoms with Crippen LogP contribution in [0.5, 0.6) is 0 Å². The first kappa shape index (κ1) is 10.6. The Bertz CT molecular complexity index is 483. The zero-order valence-electron chi connectivity index (χ0n) is 8.27. The number of nitrogens with zero attached hydrogens (tertiary/aromatic N) is 2. The Morgan fingerprint density at radius 2 is 2.38 bits per heavy atom. The van der Waals surface area contributed by atoms with Crippen LogP contribution in [0, 0.1) is 0 Å². The SMILES string of the molecule is O=C(Nc1ncn[nH]1)c1cccc(CCl)c1. The Balaban J connectivity index is 2.14. The van der Waals surface area contributed by atoms with E-state index in [1.54, 1.807) is 18.2 Å². The number of halogens is 1. The van der Waals surface area contributed by atoms with Gasteiger partial charge in [-0.1, -0.05) is 12.1 Å². The Hall–Kier alpha value is -1.88. The Morgan fingerprint density at radius 1 is 1.50 bits per heavy atom. The molecule has 1 aromatic carbocycles. The molecule has 0 saturated heterocycles. The van der Waals surface area contributed by atoms with Gasteiger partial charge in [0, 0.05) is 11.4 Å². The van der Waals surface area contributed by atoms with E-state index in [0.29, 0.717) is 17.4 Å². The Kier molecular flexibility index (Phi) is 3.16. The summed E-state index contributed by atoms with van der Waals surface area (Å²) in [5.41, 5.74) is 1.43. The molecule has 2 aromatic rings. The van der Waals surface area contributed by atoms with Crippen LogP contribution in [-0.4, -0.2) is 21.1 Å². The monoisotopic (exact) mass is 236 g/mol. The number of alkyl halides is 1. The van der Waals surface area contributed by atoms with Crippen LogP contribution >= 0.6 is 11.6 Å². The highest BCUT2D eigenvalue weighted by atomic mass is 35.5. The minimum atomic E-state index is -0.247. The molecule has 5 nitrogen and oxygen atoms in total. The normalized spacial score (nSPS) is 10.1. The van der Waals surface area contributed by atoms with Gasteiger partial charge in [0.25, 0.3) is 5.91 Å². The molecule has 0 aliphatic rings. The van der Waals surface area contributed by atoms with Crippen molar-refractivity contribution < 1.29 is 4.79 Å². The first-order chi connectivity index (χ1) is 7.79. The third-order valence-electron chi connectivity index (χ3n) is 1.99. The molecule has 2 rings (SSSR count). The number of aromatic nitrogens is 3. The molecule has 2 N–H and O–H groups in total. The topological polar surface area (TPSA) is 70.7 Å². The van der Waals surface area contributed by atoms with Gasteiger partial charge in [-0.05, 0) is 17.7 Å². The third-order valence-corrected chi connectivity index (χ3v) is 2.30. The quantitative estimate of drug-likeness (QED) is 0.799. The molecule has 1 aromatic heterocycles. The van der Waals surface area contributed by atoms with Gasteiger partial charge in [-0.25, -0.2) is 5.10 Å². The van der Waals surface area contributed by atoms with E-state index in [9.17, 15) is 4.79 Å². The molecule has 0 bridgehead atoms. The predicted octanol–water partition coefficient (Wildman–Crippen LogP) is 1.80. The first-order valence-electron chi connectivity index (χ1n) is 4.61. The zero-order valence-corrected chi connectivity index (χ0v) is 9.03. The number of H-pyrrole nitrogens is 1. The molecule has 0 aliphatic carbocycles. The van der Waals surface area contributed by atoms with Crippen molar-refractivity contribution in [2.75, 3.05) is 5.32 Å². The third kappa shape index (κ3) is 2.38. The lowest BCUT2D eigenvalue weighted by atomic mass is 10.1. The summed E-state index contributed by atoms with van der Waals surface area (Å²) in [5, 5.41) is 8.76. The van der Waals surface area contributed by atoms with Crippen molar-refractivity contribution in [2.24, 2.45) is 0 Å². The summed E-state index contributed by atoms with van der Waals surface area (Å²) in [5.74, 6) is 0.452. The fraction of sp³-hybridized carbons (Fsp3) is 0.100. The van der Waals surface area contributed by atoms with Crippen LogP contribution in [0.25, 0.3) is 0 Å². The fourth-order valence-corrected chi connectivity index (χ4v) is 1.41. The van der Waals surface area contributed by atoms with Crippen molar-refractivity contribution in [3.05, 3.63) is 41.7 Å². The molecule has 82 valence electrons. The summed E-state index contributed by atoms with van der Waals surface area (Å²) in [6.45, 7) is 0. The minimum absolute atomic E-state index is 0.247. The van der Waals surface area contributed by atoms with Crippen LogP contribution in [0.4, 0.5) is 5.95 Å². The van der Waals surface area contributed by atoms with Crippen molar-refractivity contribution in [2.45, 2.75) is 5.88 Å².